The van der Waals surface area contributed by atoms with E-state index < -0.39 is 21.9 Å². The molecule has 142 valence electrons. The van der Waals surface area contributed by atoms with Gasteiger partial charge in [-0.05, 0) is 36.8 Å². The minimum atomic E-state index is -4.62. The lowest BCUT2D eigenvalue weighted by Crippen LogP contribution is -2.14. The second kappa shape index (κ2) is 6.78. The van der Waals surface area contributed by atoms with Gasteiger partial charge in [0.2, 0.25) is 10.0 Å². The van der Waals surface area contributed by atoms with Crippen molar-refractivity contribution >= 4 is 10.0 Å². The molecule has 0 amide bonds. The van der Waals surface area contributed by atoms with Gasteiger partial charge in [0.1, 0.15) is 5.69 Å². The molecule has 0 saturated heterocycles. The molecule has 0 aliphatic carbocycles. The molecule has 27 heavy (non-hydrogen) atoms. The quantitative estimate of drug-likeness (QED) is 0.733. The molecule has 1 aromatic carbocycles. The number of hydrogen-bond acceptors (Lipinski definition) is 4. The highest BCUT2D eigenvalue weighted by molar-refractivity contribution is 7.89. The van der Waals surface area contributed by atoms with Crippen molar-refractivity contribution in [2.45, 2.75) is 24.5 Å². The molecule has 0 bridgehead atoms. The van der Waals surface area contributed by atoms with E-state index in [0.29, 0.717) is 11.1 Å². The van der Waals surface area contributed by atoms with Gasteiger partial charge in [-0.25, -0.2) is 13.6 Å². The summed E-state index contributed by atoms with van der Waals surface area (Å²) in [7, 11) is -3.91. The van der Waals surface area contributed by atoms with Crippen molar-refractivity contribution in [1.29, 1.82) is 0 Å². The van der Waals surface area contributed by atoms with E-state index in [4.69, 9.17) is 5.14 Å². The highest BCUT2D eigenvalue weighted by Crippen LogP contribution is 2.42. The lowest BCUT2D eigenvalue weighted by molar-refractivity contribution is -0.143. The Morgan fingerprint density at radius 1 is 1.04 bits per heavy atom. The van der Waals surface area contributed by atoms with Gasteiger partial charge in [-0.1, -0.05) is 12.1 Å². The zero-order valence-corrected chi connectivity index (χ0v) is 14.9. The number of halogens is 3. The summed E-state index contributed by atoms with van der Waals surface area (Å²) in [5.74, 6) is 0. The predicted molar refractivity (Wildman–Crippen MR) is 92.9 cm³/mol. The normalized spacial score (nSPS) is 12.3. The summed E-state index contributed by atoms with van der Waals surface area (Å²) in [4.78, 5) is 3.71. The first-order valence-electron chi connectivity index (χ1n) is 7.84. The van der Waals surface area contributed by atoms with Gasteiger partial charge >= 0.3 is 6.18 Å². The molecular weight excluding hydrogens is 381 g/mol. The molecule has 0 fully saturated rings. The Labute approximate surface area is 153 Å². The topological polar surface area (TPSA) is 90.9 Å². The Hall–Kier alpha value is -2.72. The van der Waals surface area contributed by atoms with Crippen molar-refractivity contribution in [3.05, 3.63) is 54.5 Å². The van der Waals surface area contributed by atoms with Crippen LogP contribution in [0.25, 0.3) is 22.4 Å². The molecule has 0 saturated carbocycles. The van der Waals surface area contributed by atoms with Crippen LogP contribution in [0.15, 0.2) is 53.7 Å². The van der Waals surface area contributed by atoms with Crippen molar-refractivity contribution in [3.63, 3.8) is 0 Å². The second-order valence-corrected chi connectivity index (χ2v) is 7.25. The Balaban J connectivity index is 2.29. The van der Waals surface area contributed by atoms with Crippen LogP contribution >= 0.6 is 0 Å². The second-order valence-electron chi connectivity index (χ2n) is 5.69. The van der Waals surface area contributed by atoms with E-state index in [2.05, 4.69) is 10.1 Å². The number of rotatable bonds is 4. The van der Waals surface area contributed by atoms with Gasteiger partial charge in [0.15, 0.2) is 5.69 Å². The summed E-state index contributed by atoms with van der Waals surface area (Å²) in [5.41, 5.74) is -0.220. The summed E-state index contributed by atoms with van der Waals surface area (Å²) in [5, 5.41) is 9.20. The zero-order valence-electron chi connectivity index (χ0n) is 14.1. The molecule has 6 nitrogen and oxygen atoms in total. The largest absolute Gasteiger partial charge is 0.433 e. The Kier molecular flexibility index (Phi) is 4.79. The van der Waals surface area contributed by atoms with Gasteiger partial charge in [0.05, 0.1) is 4.90 Å². The van der Waals surface area contributed by atoms with E-state index >= 15 is 0 Å². The minimum absolute atomic E-state index is 0.0161. The monoisotopic (exact) mass is 396 g/mol. The standard InChI is InChI=1S/C17H15F3N4O2S/c1-2-24-16(17(18,19)20)14(11-7-9-22-10-8-11)15(23-24)12-3-5-13(6-4-12)27(21,25)26/h3-10H,2H2,1H3,(H2,21,25,26). The highest BCUT2D eigenvalue weighted by atomic mass is 32.2. The molecule has 3 rings (SSSR count). The number of alkyl halides is 3. The number of primary sulfonamides is 1. The number of aryl methyl sites for hydroxylation is 1. The number of aromatic nitrogens is 3. The lowest BCUT2D eigenvalue weighted by Gasteiger charge is -2.12. The average molecular weight is 396 g/mol. The van der Waals surface area contributed by atoms with Crippen LogP contribution in [0.1, 0.15) is 12.6 Å². The summed E-state index contributed by atoms with van der Waals surface area (Å²) in [6.07, 6.45) is -1.83. The molecule has 0 atom stereocenters. The Morgan fingerprint density at radius 3 is 2.11 bits per heavy atom. The molecular formula is C17H15F3N4O2S. The van der Waals surface area contributed by atoms with E-state index in [-0.39, 0.29) is 22.7 Å². The van der Waals surface area contributed by atoms with Crippen LogP contribution in [0.5, 0.6) is 0 Å². The first-order chi connectivity index (χ1) is 12.6. The summed E-state index contributed by atoms with van der Waals surface area (Å²) >= 11 is 0. The van der Waals surface area contributed by atoms with Crippen LogP contribution in [0, 0.1) is 0 Å². The number of nitrogens with two attached hydrogens (primary N) is 1. The van der Waals surface area contributed by atoms with Crippen LogP contribution in [-0.4, -0.2) is 23.2 Å². The van der Waals surface area contributed by atoms with Crippen molar-refractivity contribution < 1.29 is 21.6 Å². The fourth-order valence-electron chi connectivity index (χ4n) is 2.78. The van der Waals surface area contributed by atoms with Crippen molar-refractivity contribution in [2.24, 2.45) is 5.14 Å². The summed E-state index contributed by atoms with van der Waals surface area (Å²) < 4.78 is 65.0. The van der Waals surface area contributed by atoms with Gasteiger partial charge < -0.3 is 0 Å². The molecule has 0 aliphatic rings. The average Bonchev–Trinajstić information content (AvgIpc) is 3.02. The molecule has 2 heterocycles. The number of hydrogen-bond donors (Lipinski definition) is 1. The van der Waals surface area contributed by atoms with Gasteiger partial charge in [-0.2, -0.15) is 18.3 Å². The summed E-state index contributed by atoms with van der Waals surface area (Å²) in [6.45, 7) is 1.58. The first-order valence-corrected chi connectivity index (χ1v) is 9.39. The number of sulfonamides is 1. The smallest absolute Gasteiger partial charge is 0.265 e. The summed E-state index contributed by atoms with van der Waals surface area (Å²) in [6, 6.07) is 8.17. The fraction of sp³-hybridized carbons (Fsp3) is 0.176. The van der Waals surface area contributed by atoms with Crippen LogP contribution in [-0.2, 0) is 22.7 Å². The van der Waals surface area contributed by atoms with Gasteiger partial charge in [-0.15, -0.1) is 0 Å². The van der Waals surface area contributed by atoms with Crippen molar-refractivity contribution in [3.8, 4) is 22.4 Å². The van der Waals surface area contributed by atoms with Gasteiger partial charge in [-0.3, -0.25) is 9.67 Å². The SMILES string of the molecule is CCn1nc(-c2ccc(S(N)(=O)=O)cc2)c(-c2ccncc2)c1C(F)(F)F. The zero-order chi connectivity index (χ0) is 19.8. The van der Waals surface area contributed by atoms with Crippen LogP contribution < -0.4 is 5.14 Å². The molecule has 0 aliphatic heterocycles. The maximum atomic E-state index is 13.8. The van der Waals surface area contributed by atoms with Crippen molar-refractivity contribution in [1.82, 2.24) is 14.8 Å². The molecule has 3 aromatic rings. The predicted octanol–water partition coefficient (Wildman–Crippen LogP) is 3.30. The van der Waals surface area contributed by atoms with Crippen LogP contribution in [0.3, 0.4) is 0 Å². The first kappa shape index (κ1) is 19.1. The highest BCUT2D eigenvalue weighted by Gasteiger charge is 2.40. The molecule has 0 radical (unpaired) electrons. The van der Waals surface area contributed by atoms with Gasteiger partial charge in [0, 0.05) is 30.1 Å². The molecule has 0 spiro atoms. The molecule has 2 aromatic heterocycles. The Morgan fingerprint density at radius 2 is 1.63 bits per heavy atom. The molecule has 0 unspecified atom stereocenters. The van der Waals surface area contributed by atoms with Gasteiger partial charge in [0.25, 0.3) is 0 Å². The fourth-order valence-corrected chi connectivity index (χ4v) is 3.29. The number of nitrogens with zero attached hydrogens (tertiary/aromatic N) is 3. The van der Waals surface area contributed by atoms with Crippen LogP contribution in [0.2, 0.25) is 0 Å². The maximum absolute atomic E-state index is 13.8. The number of benzene rings is 1. The third kappa shape index (κ3) is 3.71. The third-order valence-corrected chi connectivity index (χ3v) is 4.87. The van der Waals surface area contributed by atoms with E-state index in [0.717, 1.165) is 4.68 Å². The maximum Gasteiger partial charge on any atom is 0.433 e. The number of pyridine rings is 1. The van der Waals surface area contributed by atoms with E-state index in [1.165, 1.54) is 48.8 Å². The van der Waals surface area contributed by atoms with E-state index in [1.807, 2.05) is 0 Å². The minimum Gasteiger partial charge on any atom is -0.265 e. The molecule has 2 N–H and O–H groups in total. The Bertz CT molecular complexity index is 1060. The third-order valence-electron chi connectivity index (χ3n) is 3.95. The molecule has 10 heteroatoms. The van der Waals surface area contributed by atoms with Crippen LogP contribution in [0.4, 0.5) is 13.2 Å². The van der Waals surface area contributed by atoms with Crippen molar-refractivity contribution in [2.75, 3.05) is 0 Å². The van der Waals surface area contributed by atoms with E-state index in [1.54, 1.807) is 6.92 Å². The lowest BCUT2D eigenvalue weighted by atomic mass is 9.99. The van der Waals surface area contributed by atoms with E-state index in [9.17, 15) is 21.6 Å².